The Kier molecular flexibility index (Phi) is 7.28. The van der Waals surface area contributed by atoms with Crippen LogP contribution >= 0.6 is 0 Å². The van der Waals surface area contributed by atoms with Crippen molar-refractivity contribution in [2.24, 2.45) is 0 Å². The SMILES string of the molecule is CCCCN(C)S(=O)(=O)N1CCCCC1CNCC. The lowest BCUT2D eigenvalue weighted by Gasteiger charge is -2.37. The van der Waals surface area contributed by atoms with Crippen molar-refractivity contribution in [1.82, 2.24) is 13.9 Å². The van der Waals surface area contributed by atoms with Gasteiger partial charge in [0.2, 0.25) is 0 Å². The molecule has 1 unspecified atom stereocenters. The first-order valence-electron chi connectivity index (χ1n) is 7.47. The molecule has 6 heteroatoms. The summed E-state index contributed by atoms with van der Waals surface area (Å²) in [6, 6.07) is 0.114. The molecule has 0 radical (unpaired) electrons. The molecule has 0 amide bonds. The van der Waals surface area contributed by atoms with E-state index in [0.29, 0.717) is 13.1 Å². The third kappa shape index (κ3) is 4.70. The van der Waals surface area contributed by atoms with Crippen LogP contribution in [0.25, 0.3) is 0 Å². The van der Waals surface area contributed by atoms with Crippen LogP contribution < -0.4 is 5.32 Å². The standard InChI is InChI=1S/C13H29N3O2S/c1-4-6-10-15(3)19(17,18)16-11-8-7-9-13(16)12-14-5-2/h13-14H,4-12H2,1-3H3. The van der Waals surface area contributed by atoms with E-state index in [2.05, 4.69) is 19.2 Å². The lowest BCUT2D eigenvalue weighted by molar-refractivity contribution is 0.231. The van der Waals surface area contributed by atoms with E-state index in [9.17, 15) is 8.42 Å². The molecule has 19 heavy (non-hydrogen) atoms. The molecule has 1 N–H and O–H groups in total. The Bertz CT molecular complexity index is 346. The zero-order valence-corrected chi connectivity index (χ0v) is 13.4. The summed E-state index contributed by atoms with van der Waals surface area (Å²) >= 11 is 0. The summed E-state index contributed by atoms with van der Waals surface area (Å²) in [5.41, 5.74) is 0. The number of unbranched alkanes of at least 4 members (excludes halogenated alkanes) is 1. The van der Waals surface area contributed by atoms with Gasteiger partial charge in [-0.2, -0.15) is 17.0 Å². The van der Waals surface area contributed by atoms with Crippen LogP contribution in [-0.4, -0.2) is 56.3 Å². The molecule has 114 valence electrons. The molecule has 1 fully saturated rings. The molecule has 1 saturated heterocycles. The van der Waals surface area contributed by atoms with Gasteiger partial charge >= 0.3 is 0 Å². The zero-order valence-electron chi connectivity index (χ0n) is 12.6. The highest BCUT2D eigenvalue weighted by molar-refractivity contribution is 7.86. The Morgan fingerprint density at radius 1 is 1.32 bits per heavy atom. The molecule has 1 rings (SSSR count). The second-order valence-electron chi connectivity index (χ2n) is 5.25. The summed E-state index contributed by atoms with van der Waals surface area (Å²) in [5.74, 6) is 0. The van der Waals surface area contributed by atoms with Gasteiger partial charge in [-0.05, 0) is 25.8 Å². The van der Waals surface area contributed by atoms with Crippen molar-refractivity contribution in [3.63, 3.8) is 0 Å². The quantitative estimate of drug-likeness (QED) is 0.736. The van der Waals surface area contributed by atoms with Crippen LogP contribution in [0.3, 0.4) is 0 Å². The number of likely N-dealkylation sites (N-methyl/N-ethyl adjacent to an activating group) is 1. The number of piperidine rings is 1. The average Bonchev–Trinajstić information content (AvgIpc) is 2.42. The first-order chi connectivity index (χ1) is 9.04. The Labute approximate surface area is 118 Å². The van der Waals surface area contributed by atoms with Crippen molar-refractivity contribution in [1.29, 1.82) is 0 Å². The van der Waals surface area contributed by atoms with Crippen molar-refractivity contribution >= 4 is 10.2 Å². The van der Waals surface area contributed by atoms with Crippen LogP contribution in [0, 0.1) is 0 Å². The van der Waals surface area contributed by atoms with Gasteiger partial charge in [0.05, 0.1) is 0 Å². The van der Waals surface area contributed by atoms with Crippen LogP contribution in [0.5, 0.6) is 0 Å². The van der Waals surface area contributed by atoms with Crippen molar-refractivity contribution in [3.05, 3.63) is 0 Å². The van der Waals surface area contributed by atoms with Crippen molar-refractivity contribution in [3.8, 4) is 0 Å². The van der Waals surface area contributed by atoms with Crippen LogP contribution in [0.4, 0.5) is 0 Å². The van der Waals surface area contributed by atoms with Gasteiger partial charge in [0.15, 0.2) is 0 Å². The van der Waals surface area contributed by atoms with E-state index < -0.39 is 10.2 Å². The lowest BCUT2D eigenvalue weighted by atomic mass is 10.1. The summed E-state index contributed by atoms with van der Waals surface area (Å²) in [4.78, 5) is 0. The topological polar surface area (TPSA) is 52.7 Å². The van der Waals surface area contributed by atoms with E-state index in [1.54, 1.807) is 11.4 Å². The van der Waals surface area contributed by atoms with E-state index in [1.165, 1.54) is 4.31 Å². The Hall–Kier alpha value is -0.170. The molecular weight excluding hydrogens is 262 g/mol. The fourth-order valence-electron chi connectivity index (χ4n) is 2.47. The van der Waals surface area contributed by atoms with Crippen LogP contribution in [0.1, 0.15) is 46.0 Å². The molecule has 0 aliphatic carbocycles. The number of hydrogen-bond acceptors (Lipinski definition) is 3. The monoisotopic (exact) mass is 291 g/mol. The molecule has 1 atom stereocenters. The fraction of sp³-hybridized carbons (Fsp3) is 1.00. The Morgan fingerprint density at radius 3 is 2.68 bits per heavy atom. The highest BCUT2D eigenvalue weighted by Gasteiger charge is 2.34. The van der Waals surface area contributed by atoms with Gasteiger partial charge in [-0.15, -0.1) is 0 Å². The summed E-state index contributed by atoms with van der Waals surface area (Å²) in [6.07, 6.45) is 5.00. The van der Waals surface area contributed by atoms with Crippen molar-refractivity contribution in [2.45, 2.75) is 52.0 Å². The first kappa shape index (κ1) is 16.9. The molecule has 0 bridgehead atoms. The molecule has 0 spiro atoms. The molecule has 0 aromatic carbocycles. The zero-order chi connectivity index (χ0) is 14.3. The molecule has 5 nitrogen and oxygen atoms in total. The van der Waals surface area contributed by atoms with E-state index in [1.807, 2.05) is 0 Å². The van der Waals surface area contributed by atoms with Crippen molar-refractivity contribution < 1.29 is 8.42 Å². The maximum Gasteiger partial charge on any atom is 0.282 e. The van der Waals surface area contributed by atoms with Gasteiger partial charge in [0.1, 0.15) is 0 Å². The molecule has 0 aromatic rings. The van der Waals surface area contributed by atoms with E-state index in [0.717, 1.165) is 45.2 Å². The van der Waals surface area contributed by atoms with E-state index in [4.69, 9.17) is 0 Å². The molecule has 0 saturated carbocycles. The van der Waals surface area contributed by atoms with Gasteiger partial charge in [-0.25, -0.2) is 0 Å². The largest absolute Gasteiger partial charge is 0.315 e. The van der Waals surface area contributed by atoms with Gasteiger partial charge in [0.25, 0.3) is 10.2 Å². The lowest BCUT2D eigenvalue weighted by Crippen LogP contribution is -2.52. The molecule has 0 aromatic heterocycles. The third-order valence-corrected chi connectivity index (χ3v) is 5.76. The number of hydrogen-bond donors (Lipinski definition) is 1. The number of nitrogens with zero attached hydrogens (tertiary/aromatic N) is 2. The minimum Gasteiger partial charge on any atom is -0.315 e. The summed E-state index contributed by atoms with van der Waals surface area (Å²) in [5, 5.41) is 3.28. The van der Waals surface area contributed by atoms with E-state index >= 15 is 0 Å². The van der Waals surface area contributed by atoms with Crippen LogP contribution in [0.2, 0.25) is 0 Å². The van der Waals surface area contributed by atoms with E-state index in [-0.39, 0.29) is 6.04 Å². The minimum absolute atomic E-state index is 0.114. The van der Waals surface area contributed by atoms with Crippen LogP contribution in [-0.2, 0) is 10.2 Å². The predicted octanol–water partition coefficient (Wildman–Crippen LogP) is 1.43. The highest BCUT2D eigenvalue weighted by Crippen LogP contribution is 2.22. The summed E-state index contributed by atoms with van der Waals surface area (Å²) in [7, 11) is -1.59. The predicted molar refractivity (Wildman–Crippen MR) is 79.3 cm³/mol. The van der Waals surface area contributed by atoms with Gasteiger partial charge in [-0.1, -0.05) is 26.7 Å². The fourth-order valence-corrected chi connectivity index (χ4v) is 4.10. The Balaban J connectivity index is 2.71. The second kappa shape index (κ2) is 8.19. The van der Waals surface area contributed by atoms with Gasteiger partial charge in [0, 0.05) is 32.7 Å². The minimum atomic E-state index is -3.29. The molecule has 1 heterocycles. The maximum atomic E-state index is 12.6. The Morgan fingerprint density at radius 2 is 2.05 bits per heavy atom. The molecule has 1 aliphatic rings. The van der Waals surface area contributed by atoms with Gasteiger partial charge in [-0.3, -0.25) is 0 Å². The normalized spacial score (nSPS) is 22.0. The van der Waals surface area contributed by atoms with Crippen molar-refractivity contribution in [2.75, 3.05) is 33.2 Å². The molecular formula is C13H29N3O2S. The average molecular weight is 291 g/mol. The third-order valence-electron chi connectivity index (χ3n) is 3.72. The van der Waals surface area contributed by atoms with Gasteiger partial charge < -0.3 is 5.32 Å². The summed E-state index contributed by atoms with van der Waals surface area (Å²) in [6.45, 7) is 7.05. The molecule has 1 aliphatic heterocycles. The van der Waals surface area contributed by atoms with Crippen LogP contribution in [0.15, 0.2) is 0 Å². The maximum absolute atomic E-state index is 12.6. The first-order valence-corrected chi connectivity index (χ1v) is 8.87. The summed E-state index contributed by atoms with van der Waals surface area (Å²) < 4.78 is 28.4. The highest BCUT2D eigenvalue weighted by atomic mass is 32.2. The smallest absolute Gasteiger partial charge is 0.282 e. The number of nitrogens with one attached hydrogen (secondary N) is 1. The number of rotatable bonds is 8. The second-order valence-corrected chi connectivity index (χ2v) is 7.24.